The fraction of sp³-hybridized carbons (Fsp3) is 0.0714. The average Bonchev–Trinajstić information content (AvgIpc) is 2.87. The Morgan fingerprint density at radius 1 is 0.472 bits per heavy atom. The standard InChI is InChI=1S/C28H16F6N2/c29-27(30,31)24-13-23(14-25(15-24)28(32,33)34)21-4-2-18-11-20(3-1-19(18)12-21)22-5-6-26(36-16-22)17-7-9-35-10-8-17/h1-16H. The zero-order chi connectivity index (χ0) is 25.5. The zero-order valence-corrected chi connectivity index (χ0v) is 18.4. The Labute approximate surface area is 201 Å². The van der Waals surface area contributed by atoms with Gasteiger partial charge >= 0.3 is 12.4 Å². The van der Waals surface area contributed by atoms with Crippen LogP contribution in [0.25, 0.3) is 44.3 Å². The van der Waals surface area contributed by atoms with Crippen LogP contribution in [0.2, 0.25) is 0 Å². The van der Waals surface area contributed by atoms with E-state index in [0.29, 0.717) is 5.39 Å². The second kappa shape index (κ2) is 8.78. The summed E-state index contributed by atoms with van der Waals surface area (Å²) in [6, 6.07) is 19.4. The quantitative estimate of drug-likeness (QED) is 0.235. The summed E-state index contributed by atoms with van der Waals surface area (Å²) in [4.78, 5) is 8.50. The number of fused-ring (bicyclic) bond motifs is 1. The molecule has 0 N–H and O–H groups in total. The van der Waals surface area contributed by atoms with Crippen LogP contribution in [0.5, 0.6) is 0 Å². The topological polar surface area (TPSA) is 25.8 Å². The SMILES string of the molecule is FC(F)(F)c1cc(-c2ccc3cc(-c4ccc(-c5ccncc5)nc4)ccc3c2)cc(C(F)(F)F)c1. The van der Waals surface area contributed by atoms with Gasteiger partial charge in [-0.1, -0.05) is 30.3 Å². The summed E-state index contributed by atoms with van der Waals surface area (Å²) in [6.07, 6.45) is -4.68. The summed E-state index contributed by atoms with van der Waals surface area (Å²) in [7, 11) is 0. The van der Waals surface area contributed by atoms with Crippen LogP contribution in [0, 0.1) is 0 Å². The molecular formula is C28H16F6N2. The molecule has 0 aliphatic rings. The number of nitrogens with zero attached hydrogens (tertiary/aromatic N) is 2. The maximum absolute atomic E-state index is 13.3. The van der Waals surface area contributed by atoms with Crippen LogP contribution >= 0.6 is 0 Å². The van der Waals surface area contributed by atoms with Gasteiger partial charge in [0.1, 0.15) is 0 Å². The van der Waals surface area contributed by atoms with Crippen molar-refractivity contribution in [3.63, 3.8) is 0 Å². The smallest absolute Gasteiger partial charge is 0.265 e. The molecule has 36 heavy (non-hydrogen) atoms. The fourth-order valence-electron chi connectivity index (χ4n) is 3.98. The molecule has 0 bridgehead atoms. The van der Waals surface area contributed by atoms with Crippen molar-refractivity contribution in [2.24, 2.45) is 0 Å². The van der Waals surface area contributed by atoms with E-state index >= 15 is 0 Å². The Bertz CT molecular complexity index is 1510. The highest BCUT2D eigenvalue weighted by atomic mass is 19.4. The molecule has 0 saturated heterocycles. The first-order chi connectivity index (χ1) is 17.1. The fourth-order valence-corrected chi connectivity index (χ4v) is 3.98. The highest BCUT2D eigenvalue weighted by molar-refractivity contribution is 5.91. The predicted octanol–water partition coefficient (Wildman–Crippen LogP) is 8.67. The van der Waals surface area contributed by atoms with Crippen LogP contribution in [0.3, 0.4) is 0 Å². The molecular weight excluding hydrogens is 478 g/mol. The molecule has 0 atom stereocenters. The average molecular weight is 494 g/mol. The van der Waals surface area contributed by atoms with E-state index in [0.717, 1.165) is 39.9 Å². The third-order valence-electron chi connectivity index (χ3n) is 5.83. The van der Waals surface area contributed by atoms with Crippen LogP contribution in [0.4, 0.5) is 26.3 Å². The molecule has 0 fully saturated rings. The molecule has 2 aromatic heterocycles. The lowest BCUT2D eigenvalue weighted by Crippen LogP contribution is -2.11. The molecule has 2 heterocycles. The van der Waals surface area contributed by atoms with Gasteiger partial charge in [-0.3, -0.25) is 9.97 Å². The lowest BCUT2D eigenvalue weighted by molar-refractivity contribution is -0.143. The van der Waals surface area contributed by atoms with E-state index in [1.807, 2.05) is 36.4 Å². The molecule has 0 amide bonds. The van der Waals surface area contributed by atoms with E-state index in [2.05, 4.69) is 9.97 Å². The molecule has 2 nitrogen and oxygen atoms in total. The second-order valence-electron chi connectivity index (χ2n) is 8.24. The van der Waals surface area contributed by atoms with Crippen molar-refractivity contribution in [2.45, 2.75) is 12.4 Å². The van der Waals surface area contributed by atoms with Gasteiger partial charge in [-0.15, -0.1) is 0 Å². The molecule has 180 valence electrons. The van der Waals surface area contributed by atoms with E-state index in [9.17, 15) is 26.3 Å². The van der Waals surface area contributed by atoms with Gasteiger partial charge in [-0.05, 0) is 76.0 Å². The van der Waals surface area contributed by atoms with Gasteiger partial charge in [0, 0.05) is 29.7 Å². The van der Waals surface area contributed by atoms with Gasteiger partial charge < -0.3 is 0 Å². The lowest BCUT2D eigenvalue weighted by atomic mass is 9.95. The third-order valence-corrected chi connectivity index (χ3v) is 5.83. The summed E-state index contributed by atoms with van der Waals surface area (Å²) in [5.41, 5.74) is 0.899. The van der Waals surface area contributed by atoms with Gasteiger partial charge in [0.15, 0.2) is 0 Å². The molecule has 5 rings (SSSR count). The second-order valence-corrected chi connectivity index (χ2v) is 8.24. The summed E-state index contributed by atoms with van der Waals surface area (Å²) in [6.45, 7) is 0. The zero-order valence-electron chi connectivity index (χ0n) is 18.4. The number of pyridine rings is 2. The number of halogens is 6. The van der Waals surface area contributed by atoms with Crippen molar-refractivity contribution in [2.75, 3.05) is 0 Å². The van der Waals surface area contributed by atoms with Gasteiger partial charge in [0.2, 0.25) is 0 Å². The Kier molecular flexibility index (Phi) is 5.74. The summed E-state index contributed by atoms with van der Waals surface area (Å²) >= 11 is 0. The van der Waals surface area contributed by atoms with Gasteiger partial charge in [0.25, 0.3) is 0 Å². The van der Waals surface area contributed by atoms with Crippen LogP contribution < -0.4 is 0 Å². The Morgan fingerprint density at radius 3 is 1.50 bits per heavy atom. The summed E-state index contributed by atoms with van der Waals surface area (Å²) in [5.74, 6) is 0. The van der Waals surface area contributed by atoms with Crippen molar-refractivity contribution in [1.82, 2.24) is 9.97 Å². The molecule has 0 aliphatic carbocycles. The van der Waals surface area contributed by atoms with E-state index in [1.165, 1.54) is 6.07 Å². The lowest BCUT2D eigenvalue weighted by Gasteiger charge is -2.15. The number of aromatic nitrogens is 2. The van der Waals surface area contributed by atoms with Crippen LogP contribution in [0.1, 0.15) is 11.1 Å². The Morgan fingerprint density at radius 2 is 1.00 bits per heavy atom. The Hall–Kier alpha value is -4.20. The van der Waals surface area contributed by atoms with Gasteiger partial charge in [-0.25, -0.2) is 0 Å². The first kappa shape index (κ1) is 23.5. The van der Waals surface area contributed by atoms with E-state index in [-0.39, 0.29) is 17.2 Å². The molecule has 0 radical (unpaired) electrons. The van der Waals surface area contributed by atoms with Crippen molar-refractivity contribution in [1.29, 1.82) is 0 Å². The molecule has 3 aromatic carbocycles. The van der Waals surface area contributed by atoms with E-state index < -0.39 is 23.5 Å². The molecule has 0 saturated carbocycles. The highest BCUT2D eigenvalue weighted by Gasteiger charge is 2.37. The highest BCUT2D eigenvalue weighted by Crippen LogP contribution is 2.39. The van der Waals surface area contributed by atoms with Crippen LogP contribution in [-0.2, 0) is 12.4 Å². The number of hydrogen-bond donors (Lipinski definition) is 0. The largest absolute Gasteiger partial charge is 0.416 e. The maximum Gasteiger partial charge on any atom is 0.416 e. The number of hydrogen-bond acceptors (Lipinski definition) is 2. The van der Waals surface area contributed by atoms with Gasteiger partial charge in [0.05, 0.1) is 16.8 Å². The predicted molar refractivity (Wildman–Crippen MR) is 126 cm³/mol. The normalized spacial score (nSPS) is 12.2. The summed E-state index contributed by atoms with van der Waals surface area (Å²) in [5, 5.41) is 1.47. The van der Waals surface area contributed by atoms with E-state index in [4.69, 9.17) is 0 Å². The van der Waals surface area contributed by atoms with Crippen molar-refractivity contribution in [3.8, 4) is 33.5 Å². The van der Waals surface area contributed by atoms with Crippen molar-refractivity contribution < 1.29 is 26.3 Å². The van der Waals surface area contributed by atoms with Crippen molar-refractivity contribution >= 4 is 10.8 Å². The molecule has 0 spiro atoms. The van der Waals surface area contributed by atoms with Crippen LogP contribution in [0.15, 0.2) is 97.5 Å². The van der Waals surface area contributed by atoms with Gasteiger partial charge in [-0.2, -0.15) is 26.3 Å². The van der Waals surface area contributed by atoms with Crippen LogP contribution in [-0.4, -0.2) is 9.97 Å². The molecule has 5 aromatic rings. The first-order valence-electron chi connectivity index (χ1n) is 10.8. The third kappa shape index (κ3) is 4.79. The number of alkyl halides is 6. The van der Waals surface area contributed by atoms with E-state index in [1.54, 1.807) is 36.8 Å². The monoisotopic (exact) mass is 494 g/mol. The minimum Gasteiger partial charge on any atom is -0.265 e. The first-order valence-corrected chi connectivity index (χ1v) is 10.8. The number of benzene rings is 3. The molecule has 0 aliphatic heterocycles. The Balaban J connectivity index is 1.50. The van der Waals surface area contributed by atoms with Crippen molar-refractivity contribution in [3.05, 3.63) is 109 Å². The minimum absolute atomic E-state index is 0.130. The minimum atomic E-state index is -4.90. The summed E-state index contributed by atoms with van der Waals surface area (Å²) < 4.78 is 79.5. The molecule has 0 unspecified atom stereocenters. The number of rotatable bonds is 3. The maximum atomic E-state index is 13.3. The molecule has 8 heteroatoms.